The zero-order chi connectivity index (χ0) is 10.6. The molecule has 1 aliphatic rings. The van der Waals surface area contributed by atoms with E-state index in [2.05, 4.69) is 15.2 Å². The van der Waals surface area contributed by atoms with Crippen molar-refractivity contribution in [1.82, 2.24) is 19.8 Å². The third-order valence-electron chi connectivity index (χ3n) is 3.03. The van der Waals surface area contributed by atoms with Gasteiger partial charge in [-0.3, -0.25) is 5.10 Å². The van der Waals surface area contributed by atoms with E-state index >= 15 is 0 Å². The van der Waals surface area contributed by atoms with E-state index in [1.807, 2.05) is 0 Å². The van der Waals surface area contributed by atoms with Gasteiger partial charge >= 0.3 is 0 Å². The van der Waals surface area contributed by atoms with Crippen LogP contribution < -0.4 is 0 Å². The molecule has 2 unspecified atom stereocenters. The lowest BCUT2D eigenvalue weighted by Crippen LogP contribution is -2.49. The van der Waals surface area contributed by atoms with Crippen molar-refractivity contribution in [3.8, 4) is 0 Å². The Balaban J connectivity index is 2.05. The molecular formula is C8H9BN4O2. The molecule has 2 heterocycles. The Bertz CT molecular complexity index is 486. The Kier molecular flexibility index (Phi) is 1.69. The highest BCUT2D eigenvalue weighted by molar-refractivity contribution is 6.13. The third kappa shape index (κ3) is 1.02. The standard InChI is InChI=1S/C8H9BN4O2/c9-5-6(14)4(7(5)15)3-1-11-13-8(3)10-2-12-13/h1-2,4-7,11,14-15H. The topological polar surface area (TPSA) is 86.4 Å². The van der Waals surface area contributed by atoms with Gasteiger partial charge in [0.15, 0.2) is 5.65 Å². The number of aliphatic hydroxyl groups excluding tert-OH is 2. The van der Waals surface area contributed by atoms with Gasteiger partial charge in [0.2, 0.25) is 0 Å². The number of hydrogen-bond donors (Lipinski definition) is 3. The van der Waals surface area contributed by atoms with Gasteiger partial charge in [-0.2, -0.15) is 4.63 Å². The molecule has 2 radical (unpaired) electrons. The van der Waals surface area contributed by atoms with Crippen LogP contribution in [0.25, 0.3) is 5.65 Å². The van der Waals surface area contributed by atoms with E-state index < -0.39 is 18.0 Å². The molecule has 6 nitrogen and oxygen atoms in total. The van der Waals surface area contributed by atoms with E-state index in [4.69, 9.17) is 7.85 Å². The highest BCUT2D eigenvalue weighted by Gasteiger charge is 2.47. The first-order valence-corrected chi connectivity index (χ1v) is 4.69. The molecule has 2 aromatic heterocycles. The number of nitrogens with zero attached hydrogens (tertiary/aromatic N) is 3. The Hall–Kier alpha value is -1.34. The summed E-state index contributed by atoms with van der Waals surface area (Å²) < 4.78 is 1.48. The summed E-state index contributed by atoms with van der Waals surface area (Å²) in [5.74, 6) is -0.953. The molecule has 2 atom stereocenters. The second-order valence-corrected chi connectivity index (χ2v) is 3.81. The van der Waals surface area contributed by atoms with Crippen LogP contribution in [-0.4, -0.2) is 50.1 Å². The number of aromatic nitrogens is 4. The highest BCUT2D eigenvalue weighted by atomic mass is 16.3. The van der Waals surface area contributed by atoms with Gasteiger partial charge in [-0.05, 0) is 5.82 Å². The maximum atomic E-state index is 9.66. The maximum absolute atomic E-state index is 9.66. The summed E-state index contributed by atoms with van der Waals surface area (Å²) in [6.07, 6.45) is 1.64. The molecule has 0 bridgehead atoms. The van der Waals surface area contributed by atoms with Gasteiger partial charge < -0.3 is 10.2 Å². The van der Waals surface area contributed by atoms with Gasteiger partial charge in [-0.1, -0.05) is 0 Å². The quantitative estimate of drug-likeness (QED) is 0.511. The van der Waals surface area contributed by atoms with Gasteiger partial charge in [-0.15, -0.1) is 5.10 Å². The van der Waals surface area contributed by atoms with Crippen LogP contribution in [0.15, 0.2) is 12.5 Å². The molecule has 76 valence electrons. The average molecular weight is 204 g/mol. The number of H-pyrrole nitrogens is 1. The second-order valence-electron chi connectivity index (χ2n) is 3.81. The Morgan fingerprint density at radius 1 is 1.40 bits per heavy atom. The minimum absolute atomic E-state index is 0.377. The number of fused-ring (bicyclic) bond motifs is 1. The van der Waals surface area contributed by atoms with Gasteiger partial charge in [0.25, 0.3) is 0 Å². The van der Waals surface area contributed by atoms with Crippen molar-refractivity contribution >= 4 is 13.5 Å². The van der Waals surface area contributed by atoms with Crippen LogP contribution in [0.5, 0.6) is 0 Å². The smallest absolute Gasteiger partial charge is 0.178 e. The summed E-state index contributed by atoms with van der Waals surface area (Å²) in [5, 5.41) is 26.1. The molecule has 3 rings (SSSR count). The molecule has 0 spiro atoms. The normalized spacial score (nSPS) is 35.6. The number of aromatic amines is 1. The number of rotatable bonds is 1. The molecule has 0 saturated heterocycles. The largest absolute Gasteiger partial charge is 0.393 e. The monoisotopic (exact) mass is 204 g/mol. The van der Waals surface area contributed by atoms with Crippen LogP contribution in [0.2, 0.25) is 5.82 Å². The molecule has 3 N–H and O–H groups in total. The predicted molar refractivity (Wildman–Crippen MR) is 51.6 cm³/mol. The molecule has 7 heteroatoms. The van der Waals surface area contributed by atoms with E-state index in [-0.39, 0.29) is 5.92 Å². The van der Waals surface area contributed by atoms with Crippen molar-refractivity contribution in [2.75, 3.05) is 0 Å². The van der Waals surface area contributed by atoms with Gasteiger partial charge in [-0.25, -0.2) is 4.98 Å². The summed E-state index contributed by atoms with van der Waals surface area (Å²) in [6, 6.07) is 0. The molecule has 15 heavy (non-hydrogen) atoms. The first-order valence-electron chi connectivity index (χ1n) is 4.69. The number of hydrogen-bond acceptors (Lipinski definition) is 4. The predicted octanol–water partition coefficient (Wildman–Crippen LogP) is -1.17. The minimum atomic E-state index is -0.726. The Morgan fingerprint density at radius 3 is 2.87 bits per heavy atom. The van der Waals surface area contributed by atoms with Gasteiger partial charge in [0.05, 0.1) is 20.1 Å². The van der Waals surface area contributed by atoms with Crippen molar-refractivity contribution in [2.45, 2.75) is 23.9 Å². The first kappa shape index (κ1) is 8.93. The third-order valence-corrected chi connectivity index (χ3v) is 3.03. The Labute approximate surface area is 86.3 Å². The summed E-state index contributed by atoms with van der Waals surface area (Å²) in [4.78, 5) is 4.03. The molecule has 0 aliphatic heterocycles. The molecular weight excluding hydrogens is 195 g/mol. The zero-order valence-corrected chi connectivity index (χ0v) is 7.78. The second kappa shape index (κ2) is 2.83. The van der Waals surface area contributed by atoms with E-state index in [0.717, 1.165) is 5.56 Å². The SMILES string of the molecule is [B]C1C(O)C(c2c[nH]n3ncnc23)C1O. The van der Waals surface area contributed by atoms with Gasteiger partial charge in [0.1, 0.15) is 6.33 Å². The van der Waals surface area contributed by atoms with Crippen LogP contribution in [0.4, 0.5) is 0 Å². The molecule has 0 aromatic carbocycles. The van der Waals surface area contributed by atoms with E-state index in [1.54, 1.807) is 6.20 Å². The minimum Gasteiger partial charge on any atom is -0.393 e. The molecule has 1 saturated carbocycles. The fraction of sp³-hybridized carbons (Fsp3) is 0.500. The van der Waals surface area contributed by atoms with Crippen molar-refractivity contribution < 1.29 is 10.2 Å². The molecule has 1 fully saturated rings. The summed E-state index contributed by atoms with van der Waals surface area (Å²) >= 11 is 0. The molecule has 1 aliphatic carbocycles. The summed E-state index contributed by atoms with van der Waals surface area (Å²) in [7, 11) is 5.53. The number of nitrogens with one attached hydrogen (secondary N) is 1. The van der Waals surface area contributed by atoms with E-state index in [0.29, 0.717) is 5.65 Å². The van der Waals surface area contributed by atoms with E-state index in [1.165, 1.54) is 11.0 Å². The summed E-state index contributed by atoms with van der Waals surface area (Å²) in [6.45, 7) is 0. The van der Waals surface area contributed by atoms with E-state index in [9.17, 15) is 10.2 Å². The lowest BCUT2D eigenvalue weighted by Gasteiger charge is -2.44. The highest BCUT2D eigenvalue weighted by Crippen LogP contribution is 2.45. The molecule has 0 amide bonds. The van der Waals surface area contributed by atoms with Crippen molar-refractivity contribution in [1.29, 1.82) is 0 Å². The van der Waals surface area contributed by atoms with Crippen molar-refractivity contribution in [3.63, 3.8) is 0 Å². The first-order chi connectivity index (χ1) is 7.20. The fourth-order valence-corrected chi connectivity index (χ4v) is 2.08. The fourth-order valence-electron chi connectivity index (χ4n) is 2.08. The summed E-state index contributed by atoms with van der Waals surface area (Å²) in [5.41, 5.74) is 1.36. The zero-order valence-electron chi connectivity index (χ0n) is 7.78. The molecule has 2 aromatic rings. The lowest BCUT2D eigenvalue weighted by atomic mass is 9.57. The van der Waals surface area contributed by atoms with Crippen LogP contribution in [0, 0.1) is 0 Å². The van der Waals surface area contributed by atoms with Crippen molar-refractivity contribution in [3.05, 3.63) is 18.1 Å². The van der Waals surface area contributed by atoms with Crippen molar-refractivity contribution in [2.24, 2.45) is 0 Å². The van der Waals surface area contributed by atoms with Gasteiger partial charge in [0, 0.05) is 17.7 Å². The van der Waals surface area contributed by atoms with Crippen LogP contribution >= 0.6 is 0 Å². The Morgan fingerprint density at radius 2 is 2.13 bits per heavy atom. The maximum Gasteiger partial charge on any atom is 0.178 e. The van der Waals surface area contributed by atoms with Crippen LogP contribution in [-0.2, 0) is 0 Å². The lowest BCUT2D eigenvalue weighted by molar-refractivity contribution is -0.0501. The van der Waals surface area contributed by atoms with Crippen LogP contribution in [0.1, 0.15) is 11.5 Å². The van der Waals surface area contributed by atoms with Crippen LogP contribution in [0.3, 0.4) is 0 Å². The average Bonchev–Trinajstić information content (AvgIpc) is 2.82. The number of aliphatic hydroxyl groups is 2.